The minimum absolute atomic E-state index is 0.0975. The van der Waals surface area contributed by atoms with Crippen molar-refractivity contribution >= 4 is 23.5 Å². The monoisotopic (exact) mass is 599 g/mol. The molecule has 0 spiro atoms. The van der Waals surface area contributed by atoms with Crippen LogP contribution >= 0.6 is 0 Å². The smallest absolute Gasteiger partial charge is 0.251 e. The Hall–Kier alpha value is -4.50. The molecule has 4 rings (SSSR count). The Morgan fingerprint density at radius 1 is 0.841 bits per heavy atom. The first kappa shape index (κ1) is 32.4. The number of benzene rings is 3. The first-order chi connectivity index (χ1) is 21.1. The summed E-state index contributed by atoms with van der Waals surface area (Å²) in [5.74, 6) is -0.590. The van der Waals surface area contributed by atoms with Crippen LogP contribution in [0.1, 0.15) is 61.1 Å². The Balaban J connectivity index is 1.53. The SMILES string of the molecule is COc1ccc(C(=O)N[C@@H](Cc2ccccc2)C(=O)NC(CC(=O)N[C@@H](CC(C)C)C(=O)[C@@]2(C)CO2)c2ccccc2)cc1. The molecule has 1 fully saturated rings. The van der Waals surface area contributed by atoms with E-state index in [0.717, 1.165) is 11.1 Å². The first-order valence-electron chi connectivity index (χ1n) is 14.9. The fraction of sp³-hybridized carbons (Fsp3) is 0.371. The zero-order chi connectivity index (χ0) is 31.7. The maximum atomic E-state index is 13.8. The van der Waals surface area contributed by atoms with Gasteiger partial charge >= 0.3 is 0 Å². The van der Waals surface area contributed by atoms with Crippen LogP contribution in [0.25, 0.3) is 0 Å². The van der Waals surface area contributed by atoms with Crippen molar-refractivity contribution < 1.29 is 28.7 Å². The lowest BCUT2D eigenvalue weighted by atomic mass is 9.93. The summed E-state index contributed by atoms with van der Waals surface area (Å²) in [5, 5.41) is 8.77. The highest BCUT2D eigenvalue weighted by atomic mass is 16.6. The number of methoxy groups -OCH3 is 1. The molecule has 3 amide bonds. The Morgan fingerprint density at radius 2 is 1.45 bits per heavy atom. The van der Waals surface area contributed by atoms with E-state index >= 15 is 0 Å². The van der Waals surface area contributed by atoms with Gasteiger partial charge in [0.25, 0.3) is 5.91 Å². The summed E-state index contributed by atoms with van der Waals surface area (Å²) < 4.78 is 10.5. The summed E-state index contributed by atoms with van der Waals surface area (Å²) >= 11 is 0. The molecule has 232 valence electrons. The lowest BCUT2D eigenvalue weighted by molar-refractivity contribution is -0.131. The van der Waals surface area contributed by atoms with Crippen molar-refractivity contribution in [3.05, 3.63) is 102 Å². The predicted octanol–water partition coefficient (Wildman–Crippen LogP) is 4.17. The molecule has 0 saturated carbocycles. The lowest BCUT2D eigenvalue weighted by Gasteiger charge is -2.26. The standard InChI is InChI=1S/C35H41N3O6/c1-23(2)19-29(32(40)35(3)22-44-35)36-31(39)21-28(25-13-9-6-10-14-25)37-34(42)30(20-24-11-7-5-8-12-24)38-33(41)26-15-17-27(43-4)18-16-26/h5-18,23,28-30H,19-22H2,1-4H3,(H,36,39)(H,37,42)(H,38,41)/t28?,29-,30-,35+/m0/s1. The predicted molar refractivity (Wildman–Crippen MR) is 167 cm³/mol. The third kappa shape index (κ3) is 9.00. The number of carbonyl (C=O) groups is 4. The molecule has 0 aliphatic carbocycles. The maximum absolute atomic E-state index is 13.8. The largest absolute Gasteiger partial charge is 0.497 e. The summed E-state index contributed by atoms with van der Waals surface area (Å²) in [7, 11) is 1.54. The van der Waals surface area contributed by atoms with Crippen LogP contribution in [0.3, 0.4) is 0 Å². The summed E-state index contributed by atoms with van der Waals surface area (Å²) in [6.45, 7) is 6.05. The van der Waals surface area contributed by atoms with Gasteiger partial charge in [0.15, 0.2) is 5.78 Å². The van der Waals surface area contributed by atoms with E-state index < -0.39 is 35.5 Å². The Kier molecular flexibility index (Phi) is 10.9. The Morgan fingerprint density at radius 3 is 2.02 bits per heavy atom. The number of rotatable bonds is 15. The third-order valence-electron chi connectivity index (χ3n) is 7.62. The molecule has 1 aliphatic heterocycles. The first-order valence-corrected chi connectivity index (χ1v) is 14.9. The minimum atomic E-state index is -0.927. The fourth-order valence-corrected chi connectivity index (χ4v) is 5.01. The van der Waals surface area contributed by atoms with Crippen molar-refractivity contribution in [2.75, 3.05) is 13.7 Å². The number of hydrogen-bond acceptors (Lipinski definition) is 6. The second-order valence-electron chi connectivity index (χ2n) is 11.8. The van der Waals surface area contributed by atoms with E-state index in [1.807, 2.05) is 74.5 Å². The number of nitrogens with one attached hydrogen (secondary N) is 3. The molecular formula is C35H41N3O6. The van der Waals surface area contributed by atoms with E-state index in [2.05, 4.69) is 16.0 Å². The van der Waals surface area contributed by atoms with Gasteiger partial charge in [-0.2, -0.15) is 0 Å². The number of ketones is 1. The van der Waals surface area contributed by atoms with Crippen molar-refractivity contribution in [1.29, 1.82) is 0 Å². The van der Waals surface area contributed by atoms with Gasteiger partial charge in [-0.05, 0) is 54.7 Å². The Labute approximate surface area is 258 Å². The number of ether oxygens (including phenoxy) is 2. The van der Waals surface area contributed by atoms with E-state index in [-0.39, 0.29) is 30.4 Å². The molecule has 9 nitrogen and oxygen atoms in total. The van der Waals surface area contributed by atoms with Gasteiger partial charge in [-0.25, -0.2) is 0 Å². The number of carbonyl (C=O) groups excluding carboxylic acids is 4. The van der Waals surface area contributed by atoms with E-state index in [4.69, 9.17) is 9.47 Å². The van der Waals surface area contributed by atoms with Gasteiger partial charge in [0.1, 0.15) is 17.4 Å². The summed E-state index contributed by atoms with van der Waals surface area (Å²) in [4.78, 5) is 53.5. The average Bonchev–Trinajstić information content (AvgIpc) is 3.78. The summed E-state index contributed by atoms with van der Waals surface area (Å²) in [5.41, 5.74) is 1.10. The molecule has 0 bridgehead atoms. The van der Waals surface area contributed by atoms with Crippen molar-refractivity contribution in [1.82, 2.24) is 16.0 Å². The van der Waals surface area contributed by atoms with Gasteiger partial charge in [0, 0.05) is 12.0 Å². The highest BCUT2D eigenvalue weighted by molar-refractivity contribution is 5.98. The number of amides is 3. The topological polar surface area (TPSA) is 126 Å². The molecule has 3 N–H and O–H groups in total. The van der Waals surface area contributed by atoms with Gasteiger partial charge in [-0.15, -0.1) is 0 Å². The Bertz CT molecular complexity index is 1420. The van der Waals surface area contributed by atoms with Crippen LogP contribution in [0.2, 0.25) is 0 Å². The van der Waals surface area contributed by atoms with Crippen molar-refractivity contribution in [3.8, 4) is 5.75 Å². The van der Waals surface area contributed by atoms with Crippen molar-refractivity contribution in [2.45, 2.75) is 63.8 Å². The maximum Gasteiger partial charge on any atom is 0.251 e. The zero-order valence-electron chi connectivity index (χ0n) is 25.7. The molecule has 4 atom stereocenters. The molecule has 3 aromatic carbocycles. The summed E-state index contributed by atoms with van der Waals surface area (Å²) in [6, 6.07) is 22.8. The van der Waals surface area contributed by atoms with Crippen molar-refractivity contribution in [2.24, 2.45) is 5.92 Å². The average molecular weight is 600 g/mol. The van der Waals surface area contributed by atoms with Crippen LogP contribution in [0.4, 0.5) is 0 Å². The van der Waals surface area contributed by atoms with Crippen LogP contribution in [0.15, 0.2) is 84.9 Å². The van der Waals surface area contributed by atoms with Crippen LogP contribution in [0, 0.1) is 5.92 Å². The van der Waals surface area contributed by atoms with Gasteiger partial charge in [-0.3, -0.25) is 19.2 Å². The molecule has 9 heteroatoms. The zero-order valence-corrected chi connectivity index (χ0v) is 25.7. The molecule has 1 saturated heterocycles. The van der Waals surface area contributed by atoms with E-state index in [9.17, 15) is 19.2 Å². The molecule has 44 heavy (non-hydrogen) atoms. The molecule has 1 unspecified atom stereocenters. The van der Waals surface area contributed by atoms with Crippen LogP contribution in [-0.2, 0) is 25.5 Å². The van der Waals surface area contributed by atoms with E-state index in [1.165, 1.54) is 0 Å². The van der Waals surface area contributed by atoms with Crippen molar-refractivity contribution in [3.63, 3.8) is 0 Å². The van der Waals surface area contributed by atoms with Gasteiger partial charge < -0.3 is 25.4 Å². The highest BCUT2D eigenvalue weighted by Crippen LogP contribution is 2.30. The molecule has 1 heterocycles. The fourth-order valence-electron chi connectivity index (χ4n) is 5.01. The minimum Gasteiger partial charge on any atom is -0.497 e. The quantitative estimate of drug-likeness (QED) is 0.225. The number of Topliss-reactive ketones (excluding diaryl/α,β-unsaturated/α-hetero) is 1. The van der Waals surface area contributed by atoms with E-state index in [0.29, 0.717) is 24.3 Å². The van der Waals surface area contributed by atoms with Gasteiger partial charge in [0.2, 0.25) is 11.8 Å². The lowest BCUT2D eigenvalue weighted by Crippen LogP contribution is -2.50. The molecular weight excluding hydrogens is 558 g/mol. The summed E-state index contributed by atoms with van der Waals surface area (Å²) in [6.07, 6.45) is 0.619. The molecule has 1 aliphatic rings. The van der Waals surface area contributed by atoms with Crippen LogP contribution in [-0.4, -0.2) is 54.9 Å². The van der Waals surface area contributed by atoms with Crippen LogP contribution < -0.4 is 20.7 Å². The molecule has 0 radical (unpaired) electrons. The second-order valence-corrected chi connectivity index (χ2v) is 11.8. The molecule has 3 aromatic rings. The molecule has 0 aromatic heterocycles. The van der Waals surface area contributed by atoms with Crippen LogP contribution in [0.5, 0.6) is 5.75 Å². The second kappa shape index (κ2) is 14.8. The van der Waals surface area contributed by atoms with E-state index in [1.54, 1.807) is 38.3 Å². The highest BCUT2D eigenvalue weighted by Gasteiger charge is 2.50. The third-order valence-corrected chi connectivity index (χ3v) is 7.62. The van der Waals surface area contributed by atoms with Gasteiger partial charge in [0.05, 0.1) is 32.2 Å². The van der Waals surface area contributed by atoms with Gasteiger partial charge in [-0.1, -0.05) is 74.5 Å². The normalized spacial score (nSPS) is 17.6. The number of epoxide rings is 1. The number of hydrogen-bond donors (Lipinski definition) is 3.